The van der Waals surface area contributed by atoms with Crippen molar-refractivity contribution in [1.29, 1.82) is 0 Å². The van der Waals surface area contributed by atoms with Crippen LogP contribution in [0.2, 0.25) is 0 Å². The van der Waals surface area contributed by atoms with Crippen molar-refractivity contribution in [2.75, 3.05) is 0 Å². The van der Waals surface area contributed by atoms with Gasteiger partial charge in [0, 0.05) is 10.5 Å². The maximum atomic E-state index is 5.40. The number of ether oxygens (including phenoxy) is 1. The molecule has 0 N–H and O–H groups in total. The predicted molar refractivity (Wildman–Crippen MR) is 43.4 cm³/mol. The maximum Gasteiger partial charge on any atom is 0.234 e. The fraction of sp³-hybridized carbons (Fsp3) is 0.429. The van der Waals surface area contributed by atoms with Crippen LogP contribution in [0.1, 0.15) is 12.8 Å². The normalized spacial score (nSPS) is 16.5. The first-order chi connectivity index (χ1) is 5.34. The number of rotatable bonds is 2. The van der Waals surface area contributed by atoms with E-state index in [0.717, 1.165) is 17.3 Å². The van der Waals surface area contributed by atoms with Gasteiger partial charge >= 0.3 is 0 Å². The van der Waals surface area contributed by atoms with Gasteiger partial charge in [0.1, 0.15) is 6.10 Å². The van der Waals surface area contributed by atoms with Crippen molar-refractivity contribution in [3.8, 4) is 5.88 Å². The van der Waals surface area contributed by atoms with Gasteiger partial charge in [-0.2, -0.15) is 5.10 Å². The summed E-state index contributed by atoms with van der Waals surface area (Å²) in [5.74, 6) is 0.613. The van der Waals surface area contributed by atoms with E-state index in [0.29, 0.717) is 12.0 Å². The predicted octanol–water partition coefficient (Wildman–Crippen LogP) is 1.78. The first-order valence-corrected chi connectivity index (χ1v) is 4.29. The van der Waals surface area contributed by atoms with Crippen molar-refractivity contribution in [1.82, 2.24) is 10.2 Å². The summed E-state index contributed by atoms with van der Waals surface area (Å²) in [5.41, 5.74) is 0. The monoisotopic (exact) mass is 214 g/mol. The zero-order valence-corrected chi connectivity index (χ0v) is 7.41. The highest BCUT2D eigenvalue weighted by Gasteiger charge is 2.24. The lowest BCUT2D eigenvalue weighted by molar-refractivity contribution is 0.287. The van der Waals surface area contributed by atoms with E-state index in [9.17, 15) is 0 Å². The second kappa shape index (κ2) is 2.77. The van der Waals surface area contributed by atoms with Gasteiger partial charge in [-0.1, -0.05) is 0 Å². The van der Waals surface area contributed by atoms with Crippen molar-refractivity contribution in [3.63, 3.8) is 0 Å². The van der Waals surface area contributed by atoms with Crippen molar-refractivity contribution in [3.05, 3.63) is 16.7 Å². The molecule has 1 aliphatic rings. The van der Waals surface area contributed by atoms with E-state index in [1.807, 2.05) is 6.07 Å². The molecule has 0 aromatic carbocycles. The highest BCUT2D eigenvalue weighted by Crippen LogP contribution is 2.25. The lowest BCUT2D eigenvalue weighted by Gasteiger charge is -2.00. The summed E-state index contributed by atoms with van der Waals surface area (Å²) in [4.78, 5) is 0. The molecule has 0 atom stereocenters. The summed E-state index contributed by atoms with van der Waals surface area (Å²) in [5, 5.41) is 7.56. The van der Waals surface area contributed by atoms with E-state index < -0.39 is 0 Å². The zero-order valence-electron chi connectivity index (χ0n) is 5.83. The summed E-state index contributed by atoms with van der Waals surface area (Å²) in [6.07, 6.45) is 4.32. The summed E-state index contributed by atoms with van der Waals surface area (Å²) >= 11 is 3.29. The first-order valence-electron chi connectivity index (χ1n) is 3.49. The average molecular weight is 215 g/mol. The Bertz CT molecular complexity index is 262. The molecule has 11 heavy (non-hydrogen) atoms. The maximum absolute atomic E-state index is 5.40. The standard InChI is InChI=1S/C7H7BrN2O/c8-5-3-7(10-9-4-5)11-6-1-2-6/h3-4,6H,1-2H2. The third-order valence-corrected chi connectivity index (χ3v) is 1.84. The largest absolute Gasteiger partial charge is 0.473 e. The molecule has 0 saturated heterocycles. The number of aromatic nitrogens is 2. The summed E-state index contributed by atoms with van der Waals surface area (Å²) in [6, 6.07) is 1.82. The number of halogens is 1. The molecule has 2 rings (SSSR count). The molecular weight excluding hydrogens is 208 g/mol. The third-order valence-electron chi connectivity index (χ3n) is 1.41. The average Bonchev–Trinajstić information content (AvgIpc) is 2.71. The molecule has 0 radical (unpaired) electrons. The van der Waals surface area contributed by atoms with Crippen LogP contribution in [0.15, 0.2) is 16.7 Å². The molecule has 1 saturated carbocycles. The van der Waals surface area contributed by atoms with Crippen molar-refractivity contribution in [2.24, 2.45) is 0 Å². The molecule has 4 heteroatoms. The van der Waals surface area contributed by atoms with Crippen LogP contribution >= 0.6 is 15.9 Å². The molecule has 1 aromatic heterocycles. The fourth-order valence-electron chi connectivity index (χ4n) is 0.739. The molecule has 1 aliphatic carbocycles. The van der Waals surface area contributed by atoms with Crippen LogP contribution < -0.4 is 4.74 Å². The smallest absolute Gasteiger partial charge is 0.234 e. The van der Waals surface area contributed by atoms with E-state index in [2.05, 4.69) is 26.1 Å². The van der Waals surface area contributed by atoms with Crippen LogP contribution in [-0.2, 0) is 0 Å². The minimum atomic E-state index is 0.388. The zero-order chi connectivity index (χ0) is 7.68. The summed E-state index contributed by atoms with van der Waals surface area (Å²) < 4.78 is 6.31. The Kier molecular flexibility index (Phi) is 1.77. The summed E-state index contributed by atoms with van der Waals surface area (Å²) in [7, 11) is 0. The van der Waals surface area contributed by atoms with Gasteiger partial charge < -0.3 is 4.74 Å². The van der Waals surface area contributed by atoms with E-state index in [1.165, 1.54) is 0 Å². The fourth-order valence-corrected chi connectivity index (χ4v) is 1.03. The van der Waals surface area contributed by atoms with E-state index >= 15 is 0 Å². The Morgan fingerprint density at radius 3 is 3.00 bits per heavy atom. The SMILES string of the molecule is Brc1cnnc(OC2CC2)c1. The van der Waals surface area contributed by atoms with Gasteiger partial charge in [0.2, 0.25) is 5.88 Å². The van der Waals surface area contributed by atoms with E-state index in [-0.39, 0.29) is 0 Å². The molecule has 1 aromatic rings. The van der Waals surface area contributed by atoms with Gasteiger partial charge in [-0.05, 0) is 28.8 Å². The molecular formula is C7H7BrN2O. The minimum absolute atomic E-state index is 0.388. The Balaban J connectivity index is 2.10. The van der Waals surface area contributed by atoms with Gasteiger partial charge in [0.05, 0.1) is 6.20 Å². The van der Waals surface area contributed by atoms with E-state index in [4.69, 9.17) is 4.74 Å². The lowest BCUT2D eigenvalue weighted by Crippen LogP contribution is -1.98. The lowest BCUT2D eigenvalue weighted by atomic mass is 10.6. The Hall–Kier alpha value is -0.640. The van der Waals surface area contributed by atoms with Crippen LogP contribution in [0.4, 0.5) is 0 Å². The van der Waals surface area contributed by atoms with Crippen LogP contribution in [0.25, 0.3) is 0 Å². The quantitative estimate of drug-likeness (QED) is 0.754. The second-order valence-corrected chi connectivity index (χ2v) is 3.44. The second-order valence-electron chi connectivity index (χ2n) is 2.53. The van der Waals surface area contributed by atoms with Crippen molar-refractivity contribution >= 4 is 15.9 Å². The number of hydrogen-bond donors (Lipinski definition) is 0. The molecule has 58 valence electrons. The summed E-state index contributed by atoms with van der Waals surface area (Å²) in [6.45, 7) is 0. The molecule has 3 nitrogen and oxygen atoms in total. The van der Waals surface area contributed by atoms with Crippen LogP contribution in [0.3, 0.4) is 0 Å². The molecule has 0 bridgehead atoms. The van der Waals surface area contributed by atoms with Crippen LogP contribution in [-0.4, -0.2) is 16.3 Å². The van der Waals surface area contributed by atoms with Crippen molar-refractivity contribution < 1.29 is 4.74 Å². The van der Waals surface area contributed by atoms with Crippen LogP contribution in [0, 0.1) is 0 Å². The highest BCUT2D eigenvalue weighted by atomic mass is 79.9. The Morgan fingerprint density at radius 1 is 1.55 bits per heavy atom. The Labute approximate surface area is 72.9 Å². The number of nitrogens with zero attached hydrogens (tertiary/aromatic N) is 2. The van der Waals surface area contributed by atoms with Gasteiger partial charge in [-0.25, -0.2) is 0 Å². The first kappa shape index (κ1) is 7.03. The highest BCUT2D eigenvalue weighted by molar-refractivity contribution is 9.10. The molecule has 0 unspecified atom stereocenters. The van der Waals surface area contributed by atoms with Gasteiger partial charge in [0.25, 0.3) is 0 Å². The molecule has 1 heterocycles. The minimum Gasteiger partial charge on any atom is -0.473 e. The molecule has 0 amide bonds. The third kappa shape index (κ3) is 1.89. The molecule has 0 spiro atoms. The van der Waals surface area contributed by atoms with E-state index in [1.54, 1.807) is 6.20 Å². The van der Waals surface area contributed by atoms with Gasteiger partial charge in [-0.3, -0.25) is 0 Å². The molecule has 0 aliphatic heterocycles. The number of hydrogen-bond acceptors (Lipinski definition) is 3. The van der Waals surface area contributed by atoms with Crippen LogP contribution in [0.5, 0.6) is 5.88 Å². The van der Waals surface area contributed by atoms with Gasteiger partial charge in [-0.15, -0.1) is 5.10 Å². The van der Waals surface area contributed by atoms with Gasteiger partial charge in [0.15, 0.2) is 0 Å². The Morgan fingerprint density at radius 2 is 2.36 bits per heavy atom. The topological polar surface area (TPSA) is 35.0 Å². The van der Waals surface area contributed by atoms with Crippen molar-refractivity contribution in [2.45, 2.75) is 18.9 Å². The molecule has 1 fully saturated rings.